The van der Waals surface area contributed by atoms with Crippen molar-refractivity contribution >= 4 is 27.7 Å². The van der Waals surface area contributed by atoms with Crippen LogP contribution in [0.25, 0.3) is 0 Å². The highest BCUT2D eigenvalue weighted by molar-refractivity contribution is 9.10. The molecular weight excluding hydrogens is 401 g/mol. The molecule has 0 saturated carbocycles. The first-order valence-electron chi connectivity index (χ1n) is 8.45. The summed E-state index contributed by atoms with van der Waals surface area (Å²) in [6.07, 6.45) is 4.61. The smallest absolute Gasteiger partial charge is 0.253 e. The Bertz CT molecular complexity index is 772. The highest BCUT2D eigenvalue weighted by atomic mass is 79.9. The monoisotopic (exact) mass is 419 g/mol. The molecule has 1 N–H and O–H groups in total. The average Bonchev–Trinajstić information content (AvgIpc) is 2.65. The highest BCUT2D eigenvalue weighted by Gasteiger charge is 2.28. The van der Waals surface area contributed by atoms with Crippen molar-refractivity contribution in [1.29, 1.82) is 0 Å². The Kier molecular flexibility index (Phi) is 5.98. The number of amides is 2. The Balaban J connectivity index is 1.52. The maximum absolute atomic E-state index is 13.5. The molecule has 0 unspecified atom stereocenters. The van der Waals surface area contributed by atoms with Crippen LogP contribution in [0.5, 0.6) is 0 Å². The number of hydrogen-bond acceptors (Lipinski definition) is 3. The normalized spacial score (nSPS) is 14.9. The maximum Gasteiger partial charge on any atom is 0.253 e. The van der Waals surface area contributed by atoms with Gasteiger partial charge in [0.2, 0.25) is 5.91 Å². The number of pyridine rings is 1. The van der Waals surface area contributed by atoms with Gasteiger partial charge in [0.1, 0.15) is 5.82 Å². The molecule has 7 heteroatoms. The number of carbonyl (C=O) groups is 2. The van der Waals surface area contributed by atoms with Crippen LogP contribution >= 0.6 is 15.9 Å². The Hall–Kier alpha value is -2.28. The van der Waals surface area contributed by atoms with Gasteiger partial charge < -0.3 is 10.2 Å². The van der Waals surface area contributed by atoms with Crippen LogP contribution < -0.4 is 5.32 Å². The Morgan fingerprint density at radius 1 is 1.27 bits per heavy atom. The van der Waals surface area contributed by atoms with E-state index in [4.69, 9.17) is 0 Å². The molecule has 1 saturated heterocycles. The van der Waals surface area contributed by atoms with E-state index >= 15 is 0 Å². The second-order valence-corrected chi connectivity index (χ2v) is 7.22. The first-order chi connectivity index (χ1) is 12.5. The minimum atomic E-state index is -0.451. The van der Waals surface area contributed by atoms with Gasteiger partial charge >= 0.3 is 0 Å². The second-order valence-electron chi connectivity index (χ2n) is 6.30. The minimum absolute atomic E-state index is 0.00514. The molecule has 0 bridgehead atoms. The van der Waals surface area contributed by atoms with Gasteiger partial charge in [0.25, 0.3) is 5.91 Å². The maximum atomic E-state index is 13.5. The van der Waals surface area contributed by atoms with Gasteiger partial charge in [-0.15, -0.1) is 0 Å². The number of carbonyl (C=O) groups excluding carboxylic acids is 2. The fraction of sp³-hybridized carbons (Fsp3) is 0.316. The molecule has 2 heterocycles. The van der Waals surface area contributed by atoms with Gasteiger partial charge in [0.15, 0.2) is 0 Å². The lowest BCUT2D eigenvalue weighted by Crippen LogP contribution is -2.43. The summed E-state index contributed by atoms with van der Waals surface area (Å²) in [7, 11) is 0. The molecule has 1 fully saturated rings. The van der Waals surface area contributed by atoms with Crippen molar-refractivity contribution in [3.05, 3.63) is 64.1 Å². The van der Waals surface area contributed by atoms with Crippen LogP contribution in [0.2, 0.25) is 0 Å². The first kappa shape index (κ1) is 18.5. The lowest BCUT2D eigenvalue weighted by atomic mass is 9.95. The van der Waals surface area contributed by atoms with Crippen molar-refractivity contribution in [1.82, 2.24) is 15.2 Å². The summed E-state index contributed by atoms with van der Waals surface area (Å²) in [5.41, 5.74) is 1.27. The zero-order valence-electron chi connectivity index (χ0n) is 14.1. The number of rotatable bonds is 4. The summed E-state index contributed by atoms with van der Waals surface area (Å²) in [6.45, 7) is 1.42. The molecule has 2 amide bonds. The van der Waals surface area contributed by atoms with Crippen molar-refractivity contribution in [2.45, 2.75) is 19.4 Å². The molecule has 26 heavy (non-hydrogen) atoms. The van der Waals surface area contributed by atoms with Crippen LogP contribution in [0.4, 0.5) is 4.39 Å². The number of nitrogens with one attached hydrogen (secondary N) is 1. The fourth-order valence-electron chi connectivity index (χ4n) is 3.04. The molecule has 1 aromatic heterocycles. The van der Waals surface area contributed by atoms with Crippen molar-refractivity contribution in [3.63, 3.8) is 0 Å². The summed E-state index contributed by atoms with van der Waals surface area (Å²) in [5, 5.41) is 2.92. The van der Waals surface area contributed by atoms with Crippen molar-refractivity contribution < 1.29 is 14.0 Å². The molecule has 0 spiro atoms. The lowest BCUT2D eigenvalue weighted by molar-refractivity contribution is -0.126. The molecule has 0 aliphatic carbocycles. The van der Waals surface area contributed by atoms with Crippen molar-refractivity contribution in [2.75, 3.05) is 13.1 Å². The number of nitrogens with zero attached hydrogens (tertiary/aromatic N) is 2. The zero-order valence-corrected chi connectivity index (χ0v) is 15.7. The molecular formula is C19H19BrFN3O2. The van der Waals surface area contributed by atoms with E-state index in [1.807, 2.05) is 12.1 Å². The SMILES string of the molecule is O=C(NCc1cccnc1)C1CCN(C(=O)c2cc(F)cc(Br)c2)CC1. The van der Waals surface area contributed by atoms with Crippen molar-refractivity contribution in [3.8, 4) is 0 Å². The van der Waals surface area contributed by atoms with Crippen LogP contribution in [0.15, 0.2) is 47.2 Å². The fourth-order valence-corrected chi connectivity index (χ4v) is 3.51. The average molecular weight is 420 g/mol. The van der Waals surface area contributed by atoms with E-state index in [0.29, 0.717) is 42.5 Å². The Labute approximate surface area is 159 Å². The summed E-state index contributed by atoms with van der Waals surface area (Å²) < 4.78 is 14.0. The topological polar surface area (TPSA) is 62.3 Å². The molecule has 1 aliphatic heterocycles. The highest BCUT2D eigenvalue weighted by Crippen LogP contribution is 2.21. The third-order valence-electron chi connectivity index (χ3n) is 4.45. The number of likely N-dealkylation sites (tertiary alicyclic amines) is 1. The van der Waals surface area contributed by atoms with Crippen molar-refractivity contribution in [2.24, 2.45) is 5.92 Å². The van der Waals surface area contributed by atoms with Gasteiger partial charge in [-0.2, -0.15) is 0 Å². The van der Waals surface area contributed by atoms with Gasteiger partial charge in [-0.3, -0.25) is 14.6 Å². The van der Waals surface area contributed by atoms with Crippen LogP contribution in [0.3, 0.4) is 0 Å². The molecule has 2 aromatic rings. The number of piperidine rings is 1. The molecule has 3 rings (SSSR count). The molecule has 1 aliphatic rings. The summed E-state index contributed by atoms with van der Waals surface area (Å²) in [4.78, 5) is 30.5. The Morgan fingerprint density at radius 2 is 2.04 bits per heavy atom. The summed E-state index contributed by atoms with van der Waals surface area (Å²) in [5.74, 6) is -0.781. The molecule has 5 nitrogen and oxygen atoms in total. The predicted molar refractivity (Wildman–Crippen MR) is 98.8 cm³/mol. The number of hydrogen-bond donors (Lipinski definition) is 1. The molecule has 136 valence electrons. The zero-order chi connectivity index (χ0) is 18.5. The van der Waals surface area contributed by atoms with Crippen LogP contribution in [-0.2, 0) is 11.3 Å². The number of benzene rings is 1. The van der Waals surface area contributed by atoms with Gasteiger partial charge in [-0.05, 0) is 42.7 Å². The summed E-state index contributed by atoms with van der Waals surface area (Å²) in [6, 6.07) is 7.90. The van der Waals surface area contributed by atoms with E-state index in [9.17, 15) is 14.0 Å². The molecule has 1 aromatic carbocycles. The van der Waals surface area contributed by atoms with E-state index in [2.05, 4.69) is 26.2 Å². The molecule has 0 radical (unpaired) electrons. The van der Waals surface area contributed by atoms with Gasteiger partial charge in [0, 0.05) is 48.0 Å². The lowest BCUT2D eigenvalue weighted by Gasteiger charge is -2.31. The van der Waals surface area contributed by atoms with Crippen LogP contribution in [0, 0.1) is 11.7 Å². The largest absolute Gasteiger partial charge is 0.352 e. The Morgan fingerprint density at radius 3 is 2.69 bits per heavy atom. The quantitative estimate of drug-likeness (QED) is 0.827. The van der Waals surface area contributed by atoms with Gasteiger partial charge in [-0.25, -0.2) is 4.39 Å². The van der Waals surface area contributed by atoms with Crippen LogP contribution in [0.1, 0.15) is 28.8 Å². The second kappa shape index (κ2) is 8.40. The standard InChI is InChI=1S/C19H19BrFN3O2/c20-16-8-15(9-17(21)10-16)19(26)24-6-3-14(4-7-24)18(25)23-12-13-2-1-5-22-11-13/h1-2,5,8-11,14H,3-4,6-7,12H2,(H,23,25). The number of aromatic nitrogens is 1. The first-order valence-corrected chi connectivity index (χ1v) is 9.24. The van der Waals surface area contributed by atoms with E-state index in [0.717, 1.165) is 5.56 Å². The summed E-state index contributed by atoms with van der Waals surface area (Å²) >= 11 is 3.20. The van der Waals surface area contributed by atoms with E-state index < -0.39 is 5.82 Å². The van der Waals surface area contributed by atoms with E-state index in [1.165, 1.54) is 12.1 Å². The van der Waals surface area contributed by atoms with Gasteiger partial charge in [-0.1, -0.05) is 22.0 Å². The predicted octanol–water partition coefficient (Wildman–Crippen LogP) is 3.15. The van der Waals surface area contributed by atoms with Crippen LogP contribution in [-0.4, -0.2) is 34.8 Å². The third-order valence-corrected chi connectivity index (χ3v) is 4.91. The van der Waals surface area contributed by atoms with Gasteiger partial charge in [0.05, 0.1) is 0 Å². The van der Waals surface area contributed by atoms with E-state index in [-0.39, 0.29) is 17.7 Å². The minimum Gasteiger partial charge on any atom is -0.352 e. The van der Waals surface area contributed by atoms with E-state index in [1.54, 1.807) is 23.4 Å². The molecule has 0 atom stereocenters. The number of halogens is 2. The third kappa shape index (κ3) is 4.66.